The molecule has 564 valence electrons. The molecule has 1 unspecified atom stereocenters. The van der Waals surface area contributed by atoms with Crippen molar-refractivity contribution in [1.82, 2.24) is 0 Å². The summed E-state index contributed by atoms with van der Waals surface area (Å²) in [4.78, 5) is 11.2. The van der Waals surface area contributed by atoms with Gasteiger partial charge in [0.05, 0.1) is 25.9 Å². The van der Waals surface area contributed by atoms with Crippen molar-refractivity contribution in [3.8, 4) is 0 Å². The van der Waals surface area contributed by atoms with Gasteiger partial charge in [-0.2, -0.15) is 0 Å². The predicted molar refractivity (Wildman–Crippen MR) is 445 cm³/mol. The van der Waals surface area contributed by atoms with Crippen molar-refractivity contribution in [2.45, 2.75) is 269 Å². The molecule has 1 heterocycles. The third kappa shape index (κ3) is 31.2. The van der Waals surface area contributed by atoms with Crippen molar-refractivity contribution in [3.63, 3.8) is 0 Å². The molecule has 4 nitrogen and oxygen atoms in total. The van der Waals surface area contributed by atoms with E-state index in [4.69, 9.17) is 9.84 Å². The molecule has 9 aromatic carbocycles. The average Bonchev–Trinajstić information content (AvgIpc) is 1.78. The highest BCUT2D eigenvalue weighted by Crippen LogP contribution is 2.43. The number of ether oxygens (including phenoxy) is 1. The van der Waals surface area contributed by atoms with Gasteiger partial charge in [-0.15, -0.1) is 0 Å². The summed E-state index contributed by atoms with van der Waals surface area (Å²) in [5.41, 5.74) is 22.3. The maximum atomic E-state index is 12.4. The largest absolute Gasteiger partial charge is 0.392 e. The van der Waals surface area contributed by atoms with Crippen LogP contribution < -0.4 is 0 Å². The number of hydrogen-bond donors (Lipinski definition) is 2. The second-order valence-electron chi connectivity index (χ2n) is 30.9. The Morgan fingerprint density at radius 3 is 0.846 bits per heavy atom. The van der Waals surface area contributed by atoms with Gasteiger partial charge in [0.2, 0.25) is 0 Å². The Balaban J connectivity index is 0.000000304. The number of carbonyl (C=O) groups excluding carboxylic acids is 1. The van der Waals surface area contributed by atoms with Crippen LogP contribution >= 0.6 is 0 Å². The van der Waals surface area contributed by atoms with Gasteiger partial charge in [-0.1, -0.05) is 357 Å². The van der Waals surface area contributed by atoms with Crippen LogP contribution in [0.2, 0.25) is 0 Å². The summed E-state index contributed by atoms with van der Waals surface area (Å²) in [6, 6.07) is 73.9. The molecule has 104 heavy (non-hydrogen) atoms. The molecule has 11 rings (SSSR count). The minimum absolute atomic E-state index is 0.147. The van der Waals surface area contributed by atoms with E-state index in [1.807, 2.05) is 74.5 Å². The topological polar surface area (TPSA) is 66.8 Å². The number of Topliss-reactive ketones (excluding diaryl/α,β-unsaturated/α-hetero) is 1. The van der Waals surface area contributed by atoms with Crippen molar-refractivity contribution < 1.29 is 28.5 Å². The van der Waals surface area contributed by atoms with Gasteiger partial charge in [-0.3, -0.25) is 4.79 Å². The number of benzene rings is 9. The van der Waals surface area contributed by atoms with E-state index in [0.29, 0.717) is 59.2 Å². The normalized spacial score (nSPS) is 12.6. The molecular weight excluding hydrogens is 1280 g/mol. The van der Waals surface area contributed by atoms with Crippen LogP contribution in [0, 0.1) is 13.8 Å². The first-order valence-corrected chi connectivity index (χ1v) is 38.6. The summed E-state index contributed by atoms with van der Waals surface area (Å²) in [6.07, 6.45) is 0.0974. The van der Waals surface area contributed by atoms with Crippen LogP contribution in [-0.4, -0.2) is 29.2 Å². The van der Waals surface area contributed by atoms with Crippen LogP contribution in [0.1, 0.15) is 354 Å². The smallest absolute Gasteiger partial charge is 0.264 e. The van der Waals surface area contributed by atoms with Crippen molar-refractivity contribution >= 4 is 5.78 Å². The lowest BCUT2D eigenvalue weighted by Crippen LogP contribution is -2.26. The maximum absolute atomic E-state index is 12.4. The van der Waals surface area contributed by atoms with Crippen LogP contribution in [0.5, 0.6) is 0 Å². The number of halogens is 2. The molecule has 9 aromatic rings. The Morgan fingerprint density at radius 2 is 0.596 bits per heavy atom. The van der Waals surface area contributed by atoms with Gasteiger partial charge in [0.15, 0.2) is 5.78 Å². The standard InChI is InChI=1S/C12H16O.C12H16.C12H18.C11H16O.C11H14O.C10H12F2.C10H14O.2C10H14/c1-9(2)11-5-3-4-6-12(11)10-7-13-8-10;1-9(2)11-5-3-4-6-12(11)10-7-8-10;1-9(2)11-7-5-6-8-12(11)10(3)4;2*1-8(2)10-6-4-5-7-11(10)9(3)12;1-7(2)8-5-3-4-6-9(8)10(11)12;1-8(2)10-6-4-3-5-9(10)7-11;2*1-8(2)10-7-5-4-6-9(10)3/h3-6,9-10H,7-8H2,1-2H3;3-6,9-10H,7-8H2,1-2H3;5-10H,1-4H3;4-9,12H,1-3H3;4-8H,1-3H3;3-7,10H,1-2H3;3-6,8,11H,7H2,1-2H3;2*4-8H,1-3H3. The molecule has 1 saturated carbocycles. The Hall–Kier alpha value is -7.61. The number of aryl methyl sites for hydroxylation is 2. The molecular formula is C98H134F2O4. The number of carbonyl (C=O) groups is 1. The van der Waals surface area contributed by atoms with Crippen molar-refractivity contribution in [2.75, 3.05) is 13.2 Å². The van der Waals surface area contributed by atoms with Gasteiger partial charge < -0.3 is 14.9 Å². The monoisotopic (exact) mass is 1410 g/mol. The van der Waals surface area contributed by atoms with Crippen LogP contribution in [0.15, 0.2) is 218 Å². The molecule has 0 spiro atoms. The zero-order chi connectivity index (χ0) is 77.8. The first-order chi connectivity index (χ1) is 49.3. The van der Waals surface area contributed by atoms with Crippen molar-refractivity contribution in [1.29, 1.82) is 0 Å². The van der Waals surface area contributed by atoms with E-state index in [1.165, 1.54) is 74.5 Å². The number of alkyl halides is 2. The minimum Gasteiger partial charge on any atom is -0.392 e. The number of hydrogen-bond acceptors (Lipinski definition) is 4. The second-order valence-corrected chi connectivity index (χ2v) is 30.9. The highest BCUT2D eigenvalue weighted by Gasteiger charge is 2.26. The Kier molecular flexibility index (Phi) is 41.6. The van der Waals surface area contributed by atoms with Gasteiger partial charge in [-0.25, -0.2) is 8.78 Å². The summed E-state index contributed by atoms with van der Waals surface area (Å²) in [5, 5.41) is 18.4. The molecule has 0 bridgehead atoms. The SMILES string of the molecule is CC(=O)c1ccccc1C(C)C.CC(C)c1ccccc1C(C)C.CC(C)c1ccccc1C(C)O.CC(C)c1ccccc1C(F)F.CC(C)c1ccccc1C1CC1.CC(C)c1ccccc1C1COC1.CC(C)c1ccccc1CO.Cc1ccccc1C(C)C.Cc1ccccc1C(C)C. The molecule has 1 aliphatic carbocycles. The van der Waals surface area contributed by atoms with Crippen LogP contribution in [0.25, 0.3) is 0 Å². The molecule has 0 amide bonds. The van der Waals surface area contributed by atoms with Crippen LogP contribution in [0.4, 0.5) is 8.78 Å². The van der Waals surface area contributed by atoms with Gasteiger partial charge in [-0.05, 0) is 195 Å². The van der Waals surface area contributed by atoms with E-state index in [0.717, 1.165) is 46.9 Å². The molecule has 1 aliphatic heterocycles. The van der Waals surface area contributed by atoms with E-state index in [2.05, 4.69) is 272 Å². The minimum atomic E-state index is -2.36. The Labute approximate surface area is 631 Å². The molecule has 2 fully saturated rings. The number of aliphatic hydroxyl groups is 2. The molecule has 6 heteroatoms. The maximum Gasteiger partial charge on any atom is 0.264 e. The second kappa shape index (κ2) is 47.8. The highest BCUT2D eigenvalue weighted by molar-refractivity contribution is 5.95. The van der Waals surface area contributed by atoms with Gasteiger partial charge in [0.25, 0.3) is 6.43 Å². The Bertz CT molecular complexity index is 3470. The molecule has 0 aromatic heterocycles. The van der Waals surface area contributed by atoms with Gasteiger partial charge in [0, 0.05) is 17.0 Å². The number of aliphatic hydroxyl groups excluding tert-OH is 2. The molecule has 1 atom stereocenters. The van der Waals surface area contributed by atoms with Gasteiger partial charge >= 0.3 is 0 Å². The van der Waals surface area contributed by atoms with E-state index in [1.54, 1.807) is 43.2 Å². The predicted octanol–water partition coefficient (Wildman–Crippen LogP) is 28.7. The fraction of sp³-hybridized carbons (Fsp3) is 0.439. The lowest BCUT2D eigenvalue weighted by atomic mass is 9.88. The zero-order valence-electron chi connectivity index (χ0n) is 68.4. The number of ketones is 1. The molecule has 1 saturated heterocycles. The first kappa shape index (κ1) is 90.6. The third-order valence-corrected chi connectivity index (χ3v) is 18.9. The fourth-order valence-electron chi connectivity index (χ4n) is 12.9. The summed E-state index contributed by atoms with van der Waals surface area (Å²) in [5.74, 6) is 7.16. The summed E-state index contributed by atoms with van der Waals surface area (Å²) in [7, 11) is 0. The summed E-state index contributed by atoms with van der Waals surface area (Å²) in [6.45, 7) is 53.2. The van der Waals surface area contributed by atoms with Crippen LogP contribution in [-0.2, 0) is 11.3 Å². The van der Waals surface area contributed by atoms with Crippen LogP contribution in [0.3, 0.4) is 0 Å². The van der Waals surface area contributed by atoms with E-state index >= 15 is 0 Å². The van der Waals surface area contributed by atoms with Crippen molar-refractivity contribution in [3.05, 3.63) is 319 Å². The van der Waals surface area contributed by atoms with Crippen molar-refractivity contribution in [2.24, 2.45) is 0 Å². The highest BCUT2D eigenvalue weighted by atomic mass is 19.3. The van der Waals surface area contributed by atoms with E-state index in [-0.39, 0.29) is 30.0 Å². The fourth-order valence-corrected chi connectivity index (χ4v) is 12.9. The average molecular weight is 1410 g/mol. The quantitative estimate of drug-likeness (QED) is 0.0946. The molecule has 2 N–H and O–H groups in total. The van der Waals surface area contributed by atoms with E-state index in [9.17, 15) is 18.7 Å². The molecule has 0 radical (unpaired) electrons. The van der Waals surface area contributed by atoms with Gasteiger partial charge in [0.1, 0.15) is 0 Å². The van der Waals surface area contributed by atoms with E-state index < -0.39 is 6.43 Å². The molecule has 2 aliphatic rings. The Morgan fingerprint density at radius 1 is 0.337 bits per heavy atom. The lowest BCUT2D eigenvalue weighted by Gasteiger charge is -2.29. The zero-order valence-corrected chi connectivity index (χ0v) is 68.4. The summed E-state index contributed by atoms with van der Waals surface area (Å²) >= 11 is 0. The first-order valence-electron chi connectivity index (χ1n) is 38.6. The third-order valence-electron chi connectivity index (χ3n) is 18.9. The summed E-state index contributed by atoms with van der Waals surface area (Å²) < 4.78 is 30.0. The number of rotatable bonds is 16. The lowest BCUT2D eigenvalue weighted by molar-refractivity contribution is 0.00800.